The first kappa shape index (κ1) is 22.5. The predicted octanol–water partition coefficient (Wildman–Crippen LogP) is 3.06. The molecular weight excluding hydrogens is 412 g/mol. The standard InChI is InChI=1S/C24H24N2O6/c1-29-19-7-3-5-17(23(25)27)21(19)31-13-15-9-11-16(12-10-15)14-32-22-18(24(26)28)6-4-8-20(22)30-2/h3-12H,13-14H2,1-2H3,(H2,25,27)(H2,26,28). The molecule has 0 radical (unpaired) electrons. The molecule has 0 spiro atoms. The lowest BCUT2D eigenvalue weighted by Crippen LogP contribution is -2.14. The molecular formula is C24H24N2O6. The van der Waals surface area contributed by atoms with Gasteiger partial charge in [0.15, 0.2) is 23.0 Å². The first-order chi connectivity index (χ1) is 15.4. The van der Waals surface area contributed by atoms with E-state index in [1.165, 1.54) is 14.2 Å². The summed E-state index contributed by atoms with van der Waals surface area (Å²) >= 11 is 0. The third-order valence-corrected chi connectivity index (χ3v) is 4.72. The van der Waals surface area contributed by atoms with Gasteiger partial charge in [-0.25, -0.2) is 0 Å². The van der Waals surface area contributed by atoms with Crippen LogP contribution in [-0.4, -0.2) is 26.0 Å². The van der Waals surface area contributed by atoms with Crippen LogP contribution in [0.15, 0.2) is 60.7 Å². The number of hydrogen-bond donors (Lipinski definition) is 2. The number of amides is 2. The zero-order valence-electron chi connectivity index (χ0n) is 17.8. The summed E-state index contributed by atoms with van der Waals surface area (Å²) in [5, 5.41) is 0. The van der Waals surface area contributed by atoms with Crippen LogP contribution in [0.2, 0.25) is 0 Å². The van der Waals surface area contributed by atoms with Crippen molar-refractivity contribution >= 4 is 11.8 Å². The zero-order chi connectivity index (χ0) is 23.1. The molecule has 0 saturated carbocycles. The Morgan fingerprint density at radius 3 is 1.34 bits per heavy atom. The van der Waals surface area contributed by atoms with Gasteiger partial charge in [0.25, 0.3) is 11.8 Å². The van der Waals surface area contributed by atoms with Crippen molar-refractivity contribution in [1.82, 2.24) is 0 Å². The second-order valence-corrected chi connectivity index (χ2v) is 6.80. The Balaban J connectivity index is 1.69. The summed E-state index contributed by atoms with van der Waals surface area (Å²) in [6.45, 7) is 0.417. The van der Waals surface area contributed by atoms with Gasteiger partial charge < -0.3 is 30.4 Å². The van der Waals surface area contributed by atoms with Crippen molar-refractivity contribution in [2.75, 3.05) is 14.2 Å². The van der Waals surface area contributed by atoms with E-state index in [-0.39, 0.29) is 24.3 Å². The second kappa shape index (κ2) is 10.2. The highest BCUT2D eigenvalue weighted by Gasteiger charge is 2.16. The van der Waals surface area contributed by atoms with E-state index in [2.05, 4.69) is 0 Å². The van der Waals surface area contributed by atoms with Gasteiger partial charge in [-0.3, -0.25) is 9.59 Å². The van der Waals surface area contributed by atoms with Crippen molar-refractivity contribution < 1.29 is 28.5 Å². The lowest BCUT2D eigenvalue weighted by atomic mass is 10.1. The van der Waals surface area contributed by atoms with E-state index in [1.807, 2.05) is 24.3 Å². The fourth-order valence-electron chi connectivity index (χ4n) is 3.08. The number of rotatable bonds is 10. The summed E-state index contributed by atoms with van der Waals surface area (Å²) in [7, 11) is 2.99. The maximum Gasteiger partial charge on any atom is 0.252 e. The van der Waals surface area contributed by atoms with Gasteiger partial charge in [0.2, 0.25) is 0 Å². The van der Waals surface area contributed by atoms with E-state index in [1.54, 1.807) is 36.4 Å². The van der Waals surface area contributed by atoms with Gasteiger partial charge in [-0.2, -0.15) is 0 Å². The molecule has 32 heavy (non-hydrogen) atoms. The summed E-state index contributed by atoms with van der Waals surface area (Å²) in [4.78, 5) is 23.4. The van der Waals surface area contributed by atoms with Crippen LogP contribution < -0.4 is 30.4 Å². The highest BCUT2D eigenvalue weighted by atomic mass is 16.5. The molecule has 0 aliphatic heterocycles. The van der Waals surface area contributed by atoms with Crippen LogP contribution in [0.1, 0.15) is 31.8 Å². The second-order valence-electron chi connectivity index (χ2n) is 6.80. The number of primary amides is 2. The molecule has 0 aromatic heterocycles. The molecule has 0 fully saturated rings. The van der Waals surface area contributed by atoms with Gasteiger partial charge in [-0.1, -0.05) is 36.4 Å². The Hall–Kier alpha value is -4.20. The van der Waals surface area contributed by atoms with Crippen LogP contribution in [-0.2, 0) is 13.2 Å². The molecule has 0 bridgehead atoms. The fourth-order valence-corrected chi connectivity index (χ4v) is 3.08. The van der Waals surface area contributed by atoms with Crippen molar-refractivity contribution in [3.63, 3.8) is 0 Å². The monoisotopic (exact) mass is 436 g/mol. The molecule has 0 atom stereocenters. The van der Waals surface area contributed by atoms with E-state index in [4.69, 9.17) is 30.4 Å². The number of carbonyl (C=O) groups is 2. The Morgan fingerprint density at radius 2 is 1.03 bits per heavy atom. The summed E-state index contributed by atoms with van der Waals surface area (Å²) in [5.41, 5.74) is 13.1. The molecule has 3 rings (SSSR count). The van der Waals surface area contributed by atoms with E-state index in [0.29, 0.717) is 23.0 Å². The maximum atomic E-state index is 11.7. The fraction of sp³-hybridized carbons (Fsp3) is 0.167. The molecule has 3 aromatic rings. The first-order valence-corrected chi connectivity index (χ1v) is 9.71. The van der Waals surface area contributed by atoms with Crippen LogP contribution in [0.3, 0.4) is 0 Å². The van der Waals surface area contributed by atoms with E-state index in [0.717, 1.165) is 11.1 Å². The highest BCUT2D eigenvalue weighted by molar-refractivity contribution is 5.97. The molecule has 8 nitrogen and oxygen atoms in total. The Kier molecular flexibility index (Phi) is 7.17. The molecule has 0 heterocycles. The summed E-state index contributed by atoms with van der Waals surface area (Å²) < 4.78 is 22.2. The number of para-hydroxylation sites is 2. The summed E-state index contributed by atoms with van der Waals surface area (Å²) in [6.07, 6.45) is 0. The van der Waals surface area contributed by atoms with Gasteiger partial charge in [0, 0.05) is 0 Å². The third kappa shape index (κ3) is 5.10. The Bertz CT molecular complexity index is 1020. The third-order valence-electron chi connectivity index (χ3n) is 4.72. The maximum absolute atomic E-state index is 11.7. The number of ether oxygens (including phenoxy) is 4. The minimum Gasteiger partial charge on any atom is -0.493 e. The van der Waals surface area contributed by atoms with Crippen molar-refractivity contribution in [1.29, 1.82) is 0 Å². The van der Waals surface area contributed by atoms with Gasteiger partial charge in [-0.15, -0.1) is 0 Å². The van der Waals surface area contributed by atoms with Gasteiger partial charge >= 0.3 is 0 Å². The molecule has 8 heteroatoms. The molecule has 0 aliphatic carbocycles. The van der Waals surface area contributed by atoms with Crippen molar-refractivity contribution in [2.24, 2.45) is 11.5 Å². The average molecular weight is 436 g/mol. The minimum atomic E-state index is -0.599. The largest absolute Gasteiger partial charge is 0.493 e. The first-order valence-electron chi connectivity index (χ1n) is 9.71. The molecule has 4 N–H and O–H groups in total. The molecule has 2 amide bonds. The lowest BCUT2D eigenvalue weighted by Gasteiger charge is -2.15. The van der Waals surface area contributed by atoms with Crippen LogP contribution >= 0.6 is 0 Å². The molecule has 0 aliphatic rings. The number of carbonyl (C=O) groups excluding carboxylic acids is 2. The molecule has 3 aromatic carbocycles. The molecule has 0 unspecified atom stereocenters. The van der Waals surface area contributed by atoms with E-state index >= 15 is 0 Å². The summed E-state index contributed by atoms with van der Waals surface area (Å²) in [5.74, 6) is 0.244. The van der Waals surface area contributed by atoms with Gasteiger partial charge in [-0.05, 0) is 35.4 Å². The van der Waals surface area contributed by atoms with Crippen LogP contribution in [0.4, 0.5) is 0 Å². The molecule has 166 valence electrons. The minimum absolute atomic E-state index is 0.208. The number of nitrogens with two attached hydrogens (primary N) is 2. The Morgan fingerprint density at radius 1 is 0.656 bits per heavy atom. The quantitative estimate of drug-likeness (QED) is 0.504. The number of methoxy groups -OCH3 is 2. The number of hydrogen-bond acceptors (Lipinski definition) is 6. The van der Waals surface area contributed by atoms with E-state index < -0.39 is 11.8 Å². The highest BCUT2D eigenvalue weighted by Crippen LogP contribution is 2.32. The number of benzene rings is 3. The van der Waals surface area contributed by atoms with E-state index in [9.17, 15) is 9.59 Å². The van der Waals surface area contributed by atoms with Crippen molar-refractivity contribution in [3.8, 4) is 23.0 Å². The van der Waals surface area contributed by atoms with Crippen LogP contribution in [0.5, 0.6) is 23.0 Å². The van der Waals surface area contributed by atoms with Crippen LogP contribution in [0.25, 0.3) is 0 Å². The SMILES string of the molecule is COc1cccc(C(N)=O)c1OCc1ccc(COc2c(OC)cccc2C(N)=O)cc1. The van der Waals surface area contributed by atoms with Gasteiger partial charge in [0.05, 0.1) is 25.3 Å². The zero-order valence-corrected chi connectivity index (χ0v) is 17.8. The topological polar surface area (TPSA) is 123 Å². The van der Waals surface area contributed by atoms with Crippen LogP contribution in [0, 0.1) is 0 Å². The molecule has 0 saturated heterocycles. The lowest BCUT2D eigenvalue weighted by molar-refractivity contribution is 0.0986. The predicted molar refractivity (Wildman–Crippen MR) is 118 cm³/mol. The Labute approximate surface area is 185 Å². The summed E-state index contributed by atoms with van der Waals surface area (Å²) in [6, 6.07) is 17.4. The van der Waals surface area contributed by atoms with Crippen molar-refractivity contribution in [2.45, 2.75) is 13.2 Å². The van der Waals surface area contributed by atoms with Gasteiger partial charge in [0.1, 0.15) is 13.2 Å². The smallest absolute Gasteiger partial charge is 0.252 e. The normalized spacial score (nSPS) is 10.3. The van der Waals surface area contributed by atoms with Crippen molar-refractivity contribution in [3.05, 3.63) is 82.9 Å². The average Bonchev–Trinajstić information content (AvgIpc) is 2.81.